The van der Waals surface area contributed by atoms with Crippen LogP contribution < -0.4 is 4.90 Å². The highest BCUT2D eigenvalue weighted by atomic mass is 16.3. The molecule has 0 atom stereocenters. The minimum absolute atomic E-state index is 0.542. The predicted octanol–water partition coefficient (Wildman–Crippen LogP) is 3.26. The molecule has 0 spiro atoms. The molecular weight excluding hydrogens is 238 g/mol. The van der Waals surface area contributed by atoms with Gasteiger partial charge in [0, 0.05) is 26.2 Å². The summed E-state index contributed by atoms with van der Waals surface area (Å²) >= 11 is 0. The van der Waals surface area contributed by atoms with Crippen LogP contribution in [0, 0.1) is 4.91 Å². The van der Waals surface area contributed by atoms with Crippen molar-refractivity contribution >= 4 is 17.5 Å². The lowest BCUT2D eigenvalue weighted by atomic mass is 10.1. The summed E-state index contributed by atoms with van der Waals surface area (Å²) in [5, 5.41) is 3.19. The highest BCUT2D eigenvalue weighted by Crippen LogP contribution is 2.30. The molecule has 4 nitrogen and oxygen atoms in total. The van der Waals surface area contributed by atoms with E-state index in [2.05, 4.69) is 21.9 Å². The summed E-state index contributed by atoms with van der Waals surface area (Å²) in [4.78, 5) is 15.7. The zero-order valence-electron chi connectivity index (χ0n) is 11.7. The number of rotatable bonds is 4. The minimum atomic E-state index is 0.542. The van der Waals surface area contributed by atoms with Crippen LogP contribution in [0.1, 0.15) is 19.4 Å². The molecule has 0 aromatic heterocycles. The Labute approximate surface area is 114 Å². The molecule has 1 saturated heterocycles. The van der Waals surface area contributed by atoms with Crippen LogP contribution in [0.25, 0.3) is 6.08 Å². The molecule has 2 rings (SSSR count). The zero-order chi connectivity index (χ0) is 13.7. The summed E-state index contributed by atoms with van der Waals surface area (Å²) in [5.74, 6) is 0. The Morgan fingerprint density at radius 3 is 2.58 bits per heavy atom. The van der Waals surface area contributed by atoms with Crippen molar-refractivity contribution in [1.82, 2.24) is 4.90 Å². The molecule has 0 saturated carbocycles. The van der Waals surface area contributed by atoms with Crippen molar-refractivity contribution < 1.29 is 0 Å². The van der Waals surface area contributed by atoms with Crippen LogP contribution in [0.15, 0.2) is 29.5 Å². The number of piperazine rings is 1. The standard InChI is InChI=1S/C15H21N3O/c1-3-5-13-6-7-15(14(12-13)16-19)18-10-8-17(4-2)9-11-18/h3,5-7,12H,4,8-11H2,1-2H3/b5-3+. The highest BCUT2D eigenvalue weighted by Gasteiger charge is 2.18. The van der Waals surface area contributed by atoms with Crippen molar-refractivity contribution in [2.75, 3.05) is 37.6 Å². The third kappa shape index (κ3) is 3.20. The first-order chi connectivity index (χ1) is 9.28. The second-order valence-electron chi connectivity index (χ2n) is 4.76. The lowest BCUT2D eigenvalue weighted by Crippen LogP contribution is -2.46. The second kappa shape index (κ2) is 6.48. The van der Waals surface area contributed by atoms with Crippen molar-refractivity contribution in [3.05, 3.63) is 34.7 Å². The van der Waals surface area contributed by atoms with E-state index in [1.54, 1.807) is 0 Å². The Morgan fingerprint density at radius 1 is 1.26 bits per heavy atom. The highest BCUT2D eigenvalue weighted by molar-refractivity contribution is 5.71. The molecule has 0 aliphatic carbocycles. The predicted molar refractivity (Wildman–Crippen MR) is 80.9 cm³/mol. The van der Waals surface area contributed by atoms with Crippen LogP contribution in [0.4, 0.5) is 11.4 Å². The van der Waals surface area contributed by atoms with Gasteiger partial charge in [0.25, 0.3) is 0 Å². The van der Waals surface area contributed by atoms with E-state index in [0.29, 0.717) is 5.69 Å². The number of likely N-dealkylation sites (N-methyl/N-ethyl adjacent to an activating group) is 1. The summed E-state index contributed by atoms with van der Waals surface area (Å²) in [6.45, 7) is 9.24. The first-order valence-electron chi connectivity index (χ1n) is 6.86. The van der Waals surface area contributed by atoms with E-state index in [9.17, 15) is 4.91 Å². The molecule has 102 valence electrons. The summed E-state index contributed by atoms with van der Waals surface area (Å²) in [6, 6.07) is 5.90. The molecule has 1 aliphatic rings. The normalized spacial score (nSPS) is 17.1. The smallest absolute Gasteiger partial charge is 0.131 e. The number of allylic oxidation sites excluding steroid dienone is 1. The quantitative estimate of drug-likeness (QED) is 0.779. The Balaban J connectivity index is 2.18. The maximum atomic E-state index is 11.0. The van der Waals surface area contributed by atoms with E-state index in [4.69, 9.17) is 0 Å². The molecule has 0 radical (unpaired) electrons. The fourth-order valence-corrected chi connectivity index (χ4v) is 2.48. The molecule has 4 heteroatoms. The van der Waals surface area contributed by atoms with Gasteiger partial charge in [-0.2, -0.15) is 0 Å². The monoisotopic (exact) mass is 259 g/mol. The van der Waals surface area contributed by atoms with Gasteiger partial charge in [-0.1, -0.05) is 25.1 Å². The number of hydrogen-bond donors (Lipinski definition) is 0. The van der Waals surface area contributed by atoms with Gasteiger partial charge in [0.15, 0.2) is 0 Å². The van der Waals surface area contributed by atoms with E-state index in [1.807, 2.05) is 37.3 Å². The van der Waals surface area contributed by atoms with E-state index in [0.717, 1.165) is 44.0 Å². The molecular formula is C15H21N3O. The van der Waals surface area contributed by atoms with E-state index < -0.39 is 0 Å². The maximum Gasteiger partial charge on any atom is 0.131 e. The van der Waals surface area contributed by atoms with Crippen LogP contribution in [0.2, 0.25) is 0 Å². The lowest BCUT2D eigenvalue weighted by Gasteiger charge is -2.35. The zero-order valence-corrected chi connectivity index (χ0v) is 11.7. The maximum absolute atomic E-state index is 11.0. The largest absolute Gasteiger partial charge is 0.367 e. The van der Waals surface area contributed by atoms with Gasteiger partial charge in [0.1, 0.15) is 5.69 Å². The molecule has 1 aromatic rings. The SMILES string of the molecule is C/C=C/c1ccc(N2CCN(CC)CC2)c(N=O)c1. The summed E-state index contributed by atoms with van der Waals surface area (Å²) in [7, 11) is 0. The molecule has 0 N–H and O–H groups in total. The Morgan fingerprint density at radius 2 is 2.00 bits per heavy atom. The van der Waals surface area contributed by atoms with Gasteiger partial charge >= 0.3 is 0 Å². The fraction of sp³-hybridized carbons (Fsp3) is 0.467. The number of anilines is 1. The van der Waals surface area contributed by atoms with Gasteiger partial charge in [-0.15, -0.1) is 4.91 Å². The van der Waals surface area contributed by atoms with Crippen molar-refractivity contribution in [3.63, 3.8) is 0 Å². The topological polar surface area (TPSA) is 35.9 Å². The van der Waals surface area contributed by atoms with Gasteiger partial charge in [-0.25, -0.2) is 0 Å². The molecule has 0 amide bonds. The van der Waals surface area contributed by atoms with Crippen LogP contribution in [-0.2, 0) is 0 Å². The van der Waals surface area contributed by atoms with Gasteiger partial charge in [-0.05, 0) is 36.3 Å². The minimum Gasteiger partial charge on any atom is -0.367 e. The van der Waals surface area contributed by atoms with Crippen LogP contribution in [0.3, 0.4) is 0 Å². The first kappa shape index (κ1) is 13.7. The third-order valence-corrected chi connectivity index (χ3v) is 3.62. The van der Waals surface area contributed by atoms with Gasteiger partial charge < -0.3 is 9.80 Å². The van der Waals surface area contributed by atoms with Gasteiger partial charge in [0.2, 0.25) is 0 Å². The van der Waals surface area contributed by atoms with Gasteiger partial charge in [0.05, 0.1) is 5.69 Å². The molecule has 0 unspecified atom stereocenters. The van der Waals surface area contributed by atoms with Crippen molar-refractivity contribution in [3.8, 4) is 0 Å². The fourth-order valence-electron chi connectivity index (χ4n) is 2.48. The Hall–Kier alpha value is -1.68. The van der Waals surface area contributed by atoms with Crippen molar-refractivity contribution in [1.29, 1.82) is 0 Å². The Bertz CT molecular complexity index is 462. The molecule has 1 fully saturated rings. The number of hydrogen-bond acceptors (Lipinski definition) is 4. The van der Waals surface area contributed by atoms with Crippen molar-refractivity contribution in [2.24, 2.45) is 5.18 Å². The molecule has 1 heterocycles. The van der Waals surface area contributed by atoms with Gasteiger partial charge in [-0.3, -0.25) is 0 Å². The summed E-state index contributed by atoms with van der Waals surface area (Å²) in [5.41, 5.74) is 2.52. The third-order valence-electron chi connectivity index (χ3n) is 3.62. The van der Waals surface area contributed by atoms with Crippen LogP contribution in [0.5, 0.6) is 0 Å². The van der Waals surface area contributed by atoms with Crippen LogP contribution in [-0.4, -0.2) is 37.6 Å². The van der Waals surface area contributed by atoms with E-state index >= 15 is 0 Å². The lowest BCUT2D eigenvalue weighted by molar-refractivity contribution is 0.271. The average molecular weight is 259 g/mol. The summed E-state index contributed by atoms with van der Waals surface area (Å²) in [6.07, 6.45) is 3.94. The van der Waals surface area contributed by atoms with Crippen molar-refractivity contribution in [2.45, 2.75) is 13.8 Å². The number of benzene rings is 1. The van der Waals surface area contributed by atoms with E-state index in [-0.39, 0.29) is 0 Å². The molecule has 1 aliphatic heterocycles. The van der Waals surface area contributed by atoms with E-state index in [1.165, 1.54) is 0 Å². The Kier molecular flexibility index (Phi) is 4.68. The molecule has 1 aromatic carbocycles. The average Bonchev–Trinajstić information content (AvgIpc) is 2.47. The number of nitrogens with zero attached hydrogens (tertiary/aromatic N) is 3. The van der Waals surface area contributed by atoms with Crippen LogP contribution >= 0.6 is 0 Å². The summed E-state index contributed by atoms with van der Waals surface area (Å²) < 4.78 is 0. The first-order valence-corrected chi connectivity index (χ1v) is 6.86. The number of nitroso groups, excluding NO2 is 1. The second-order valence-corrected chi connectivity index (χ2v) is 4.76. The molecule has 0 bridgehead atoms. The molecule has 19 heavy (non-hydrogen) atoms.